The second-order valence-electron chi connectivity index (χ2n) is 4.92. The highest BCUT2D eigenvalue weighted by molar-refractivity contribution is 7.80. The van der Waals surface area contributed by atoms with E-state index >= 15 is 0 Å². The Bertz CT molecular complexity index is 955. The minimum Gasteiger partial charge on any atom is -0.332 e. The first-order valence-electron chi connectivity index (χ1n) is 6.85. The first-order chi connectivity index (χ1) is 11.8. The summed E-state index contributed by atoms with van der Waals surface area (Å²) in [5.74, 6) is -0.558. The molecule has 128 valence electrons. The number of nitrogens with one attached hydrogen (secondary N) is 2. The van der Waals surface area contributed by atoms with Crippen LogP contribution in [0.25, 0.3) is 11.0 Å². The maximum atomic E-state index is 13.0. The van der Waals surface area contributed by atoms with Crippen LogP contribution in [-0.4, -0.2) is 19.8 Å². The van der Waals surface area contributed by atoms with E-state index in [1.165, 1.54) is 30.3 Å². The first-order valence-corrected chi connectivity index (χ1v) is 7.99. The van der Waals surface area contributed by atoms with Crippen LogP contribution < -0.4 is 10.6 Å². The summed E-state index contributed by atoms with van der Waals surface area (Å²) in [6.07, 6.45) is -4.54. The number of thiocarbonyl (C=S) groups is 1. The average Bonchev–Trinajstić information content (AvgIpc) is 3.01. The van der Waals surface area contributed by atoms with Gasteiger partial charge < -0.3 is 5.32 Å². The molecule has 1 aromatic heterocycles. The maximum Gasteiger partial charge on any atom is 0.418 e. The summed E-state index contributed by atoms with van der Waals surface area (Å²) in [6, 6.07) is 9.55. The second-order valence-corrected chi connectivity index (χ2v) is 5.86. The van der Waals surface area contributed by atoms with E-state index in [1.807, 2.05) is 0 Å². The third-order valence-electron chi connectivity index (χ3n) is 3.22. The van der Waals surface area contributed by atoms with Crippen LogP contribution in [0.15, 0.2) is 42.5 Å². The van der Waals surface area contributed by atoms with Crippen molar-refractivity contribution in [3.63, 3.8) is 0 Å². The summed E-state index contributed by atoms with van der Waals surface area (Å²) in [7, 11) is 0. The van der Waals surface area contributed by atoms with Crippen LogP contribution in [0.3, 0.4) is 0 Å². The van der Waals surface area contributed by atoms with Gasteiger partial charge in [-0.1, -0.05) is 12.1 Å². The van der Waals surface area contributed by atoms with E-state index in [1.54, 1.807) is 6.07 Å². The highest BCUT2D eigenvalue weighted by atomic mass is 32.1. The predicted octanol–water partition coefficient (Wildman–Crippen LogP) is 3.84. The number of carbonyl (C=O) groups excluding carboxylic acids is 1. The number of hydrogen-bond acceptors (Lipinski definition) is 5. The lowest BCUT2D eigenvalue weighted by Crippen LogP contribution is -2.34. The number of carbonyl (C=O) groups is 1. The zero-order valence-corrected chi connectivity index (χ0v) is 13.9. The number of fused-ring (bicyclic) bond motifs is 1. The van der Waals surface area contributed by atoms with Crippen molar-refractivity contribution in [2.24, 2.45) is 0 Å². The smallest absolute Gasteiger partial charge is 0.332 e. The molecule has 0 aliphatic heterocycles. The lowest BCUT2D eigenvalue weighted by molar-refractivity contribution is -0.136. The Morgan fingerprint density at radius 2 is 1.80 bits per heavy atom. The molecule has 1 amide bonds. The lowest BCUT2D eigenvalue weighted by Gasteiger charge is -2.15. The van der Waals surface area contributed by atoms with E-state index < -0.39 is 17.6 Å². The van der Waals surface area contributed by atoms with E-state index in [0.29, 0.717) is 11.0 Å². The predicted molar refractivity (Wildman–Crippen MR) is 92.5 cm³/mol. The molecule has 0 spiro atoms. The van der Waals surface area contributed by atoms with E-state index in [9.17, 15) is 18.0 Å². The minimum absolute atomic E-state index is 0.237. The van der Waals surface area contributed by atoms with Crippen LogP contribution >= 0.6 is 23.9 Å². The van der Waals surface area contributed by atoms with Crippen molar-refractivity contribution in [3.05, 3.63) is 53.6 Å². The average molecular weight is 382 g/mol. The molecule has 2 N–H and O–H groups in total. The number of nitrogens with zero attached hydrogens (tertiary/aromatic N) is 2. The highest BCUT2D eigenvalue weighted by Crippen LogP contribution is 2.34. The van der Waals surface area contributed by atoms with Gasteiger partial charge >= 0.3 is 6.18 Å². The number of para-hydroxylation sites is 1. The molecule has 5 nitrogen and oxygen atoms in total. The molecule has 1 heterocycles. The molecule has 3 aromatic rings. The van der Waals surface area contributed by atoms with Gasteiger partial charge in [0.05, 0.1) is 23.0 Å². The zero-order chi connectivity index (χ0) is 18.0. The maximum absolute atomic E-state index is 13.0. The van der Waals surface area contributed by atoms with Crippen molar-refractivity contribution < 1.29 is 18.0 Å². The number of alkyl halides is 3. The monoisotopic (exact) mass is 382 g/mol. The van der Waals surface area contributed by atoms with Crippen molar-refractivity contribution in [1.29, 1.82) is 0 Å². The summed E-state index contributed by atoms with van der Waals surface area (Å²) in [4.78, 5) is 12.2. The van der Waals surface area contributed by atoms with Crippen LogP contribution in [0, 0.1) is 0 Å². The Balaban J connectivity index is 1.73. The van der Waals surface area contributed by atoms with Crippen molar-refractivity contribution in [3.8, 4) is 0 Å². The largest absolute Gasteiger partial charge is 0.418 e. The molecule has 0 saturated heterocycles. The Kier molecular flexibility index (Phi) is 4.64. The Hall–Kier alpha value is -2.59. The summed E-state index contributed by atoms with van der Waals surface area (Å²) in [5, 5.41) is 4.52. The molecule has 2 aromatic carbocycles. The third kappa shape index (κ3) is 3.91. The normalized spacial score (nSPS) is 11.3. The fraction of sp³-hybridized carbons (Fsp3) is 0.0667. The van der Waals surface area contributed by atoms with Gasteiger partial charge in [0.15, 0.2) is 5.11 Å². The molecule has 0 bridgehead atoms. The molecule has 0 unspecified atom stereocenters. The third-order valence-corrected chi connectivity index (χ3v) is 3.98. The number of hydrogen-bond donors (Lipinski definition) is 2. The SMILES string of the molecule is O=C(NC(=S)Nc1ccccc1C(F)(F)F)c1ccc2nsnc2c1. The topological polar surface area (TPSA) is 66.9 Å². The van der Waals surface area contributed by atoms with Gasteiger partial charge in [0, 0.05) is 5.56 Å². The number of aromatic nitrogens is 2. The van der Waals surface area contributed by atoms with Crippen LogP contribution in [-0.2, 0) is 6.18 Å². The molecule has 10 heteroatoms. The molecule has 3 rings (SSSR count). The molecule has 25 heavy (non-hydrogen) atoms. The number of halogens is 3. The van der Waals surface area contributed by atoms with E-state index in [-0.39, 0.29) is 16.4 Å². The van der Waals surface area contributed by atoms with E-state index in [2.05, 4.69) is 19.4 Å². The molecule has 0 atom stereocenters. The number of anilines is 1. The molecule has 0 aliphatic carbocycles. The fourth-order valence-electron chi connectivity index (χ4n) is 2.09. The highest BCUT2D eigenvalue weighted by Gasteiger charge is 2.33. The summed E-state index contributed by atoms with van der Waals surface area (Å²) >= 11 is 5.95. The Labute approximate surface area is 149 Å². The number of benzene rings is 2. The van der Waals surface area contributed by atoms with Crippen molar-refractivity contribution >= 4 is 51.7 Å². The van der Waals surface area contributed by atoms with Crippen LogP contribution in [0.1, 0.15) is 15.9 Å². The standard InChI is InChI=1S/C15H9F3N4OS2/c16-15(17,18)9-3-1-2-4-10(9)19-14(24)20-13(23)8-5-6-11-12(7-8)22-25-21-11/h1-7H,(H2,19,20,23,24). The molecule has 0 fully saturated rings. The van der Waals surface area contributed by atoms with Gasteiger partial charge in [-0.15, -0.1) is 0 Å². The molecule has 0 radical (unpaired) electrons. The Morgan fingerprint density at radius 3 is 2.56 bits per heavy atom. The van der Waals surface area contributed by atoms with Crippen LogP contribution in [0.4, 0.5) is 18.9 Å². The van der Waals surface area contributed by atoms with Gasteiger partial charge in [-0.05, 0) is 42.5 Å². The number of amides is 1. The van der Waals surface area contributed by atoms with Crippen molar-refractivity contribution in [2.75, 3.05) is 5.32 Å². The van der Waals surface area contributed by atoms with Crippen molar-refractivity contribution in [2.45, 2.75) is 6.18 Å². The molecular formula is C15H9F3N4OS2. The first kappa shape index (κ1) is 17.2. The van der Waals surface area contributed by atoms with Gasteiger partial charge in [-0.3, -0.25) is 10.1 Å². The molecule has 0 aliphatic rings. The summed E-state index contributed by atoms with van der Waals surface area (Å²) in [5.41, 5.74) is 0.370. The summed E-state index contributed by atoms with van der Waals surface area (Å²) in [6.45, 7) is 0. The van der Waals surface area contributed by atoms with E-state index in [4.69, 9.17) is 12.2 Å². The van der Waals surface area contributed by atoms with Crippen molar-refractivity contribution in [1.82, 2.24) is 14.1 Å². The Morgan fingerprint density at radius 1 is 1.08 bits per heavy atom. The zero-order valence-electron chi connectivity index (χ0n) is 12.3. The number of rotatable bonds is 2. The van der Waals surface area contributed by atoms with Crippen LogP contribution in [0.5, 0.6) is 0 Å². The van der Waals surface area contributed by atoms with Gasteiger partial charge in [0.25, 0.3) is 5.91 Å². The second kappa shape index (κ2) is 6.73. The van der Waals surface area contributed by atoms with E-state index in [0.717, 1.165) is 17.8 Å². The molecular weight excluding hydrogens is 373 g/mol. The van der Waals surface area contributed by atoms with Gasteiger partial charge in [-0.2, -0.15) is 21.9 Å². The van der Waals surface area contributed by atoms with Crippen LogP contribution in [0.2, 0.25) is 0 Å². The molecule has 0 saturated carbocycles. The quantitative estimate of drug-likeness (QED) is 0.660. The fourth-order valence-corrected chi connectivity index (χ4v) is 2.81. The minimum atomic E-state index is -4.54. The summed E-state index contributed by atoms with van der Waals surface area (Å²) < 4.78 is 46.9. The van der Waals surface area contributed by atoms with Gasteiger partial charge in [-0.25, -0.2) is 0 Å². The van der Waals surface area contributed by atoms with Gasteiger partial charge in [0.2, 0.25) is 0 Å². The van der Waals surface area contributed by atoms with Gasteiger partial charge in [0.1, 0.15) is 11.0 Å². The lowest BCUT2D eigenvalue weighted by atomic mass is 10.1.